The molecule has 4 nitrogen and oxygen atoms in total. The van der Waals surface area contributed by atoms with Crippen LogP contribution in [0, 0.1) is 0 Å². The van der Waals surface area contributed by atoms with Gasteiger partial charge in [0.2, 0.25) is 5.91 Å². The number of carbonyl (C=O) groups is 1. The summed E-state index contributed by atoms with van der Waals surface area (Å²) in [6.07, 6.45) is 1.88. The van der Waals surface area contributed by atoms with Crippen LogP contribution in [0.2, 0.25) is 0 Å². The first-order valence-corrected chi connectivity index (χ1v) is 4.77. The molecule has 0 atom stereocenters. The standard InChI is InChI=1S/C10H17N3O/c1-3-12(2)10(14)8-13-6-4-5-9(13)7-11/h4-6H,3,7-8,11H2,1-2H3. The Kier molecular flexibility index (Phi) is 3.71. The van der Waals surface area contributed by atoms with Crippen molar-refractivity contribution < 1.29 is 4.79 Å². The highest BCUT2D eigenvalue weighted by Crippen LogP contribution is 2.01. The van der Waals surface area contributed by atoms with Crippen LogP contribution < -0.4 is 5.73 Å². The first-order chi connectivity index (χ1) is 6.69. The molecule has 0 bridgehead atoms. The van der Waals surface area contributed by atoms with Gasteiger partial charge in [-0.3, -0.25) is 4.79 Å². The van der Waals surface area contributed by atoms with Crippen LogP contribution in [0.15, 0.2) is 18.3 Å². The molecule has 14 heavy (non-hydrogen) atoms. The highest BCUT2D eigenvalue weighted by Gasteiger charge is 2.08. The van der Waals surface area contributed by atoms with Crippen LogP contribution in [-0.4, -0.2) is 29.0 Å². The smallest absolute Gasteiger partial charge is 0.242 e. The molecule has 0 aromatic carbocycles. The molecule has 1 rings (SSSR count). The Labute approximate surface area is 84.3 Å². The number of hydrogen-bond acceptors (Lipinski definition) is 2. The average Bonchev–Trinajstić information content (AvgIpc) is 2.63. The summed E-state index contributed by atoms with van der Waals surface area (Å²) in [5.74, 6) is 0.110. The topological polar surface area (TPSA) is 51.3 Å². The molecule has 2 N–H and O–H groups in total. The highest BCUT2D eigenvalue weighted by molar-refractivity contribution is 5.75. The van der Waals surface area contributed by atoms with E-state index in [1.165, 1.54) is 0 Å². The first-order valence-electron chi connectivity index (χ1n) is 4.77. The Hall–Kier alpha value is -1.29. The van der Waals surface area contributed by atoms with E-state index in [4.69, 9.17) is 5.73 Å². The van der Waals surface area contributed by atoms with Crippen molar-refractivity contribution in [2.24, 2.45) is 5.73 Å². The van der Waals surface area contributed by atoms with Gasteiger partial charge in [0.1, 0.15) is 6.54 Å². The number of carbonyl (C=O) groups excluding carboxylic acids is 1. The van der Waals surface area contributed by atoms with E-state index in [2.05, 4.69) is 0 Å². The number of rotatable bonds is 4. The fourth-order valence-corrected chi connectivity index (χ4v) is 1.23. The van der Waals surface area contributed by atoms with Crippen molar-refractivity contribution >= 4 is 5.91 Å². The number of likely N-dealkylation sites (N-methyl/N-ethyl adjacent to an activating group) is 1. The second kappa shape index (κ2) is 4.81. The summed E-state index contributed by atoms with van der Waals surface area (Å²) in [6.45, 7) is 3.54. The predicted octanol–water partition coefficient (Wildman–Crippen LogP) is 0.425. The number of amides is 1. The molecular formula is C10H17N3O. The maximum atomic E-state index is 11.6. The highest BCUT2D eigenvalue weighted by atomic mass is 16.2. The lowest BCUT2D eigenvalue weighted by Crippen LogP contribution is -2.30. The zero-order valence-electron chi connectivity index (χ0n) is 8.73. The average molecular weight is 195 g/mol. The molecule has 0 spiro atoms. The third-order valence-electron chi connectivity index (χ3n) is 2.34. The summed E-state index contributed by atoms with van der Waals surface area (Å²) >= 11 is 0. The van der Waals surface area contributed by atoms with Crippen molar-refractivity contribution in [1.82, 2.24) is 9.47 Å². The molecule has 0 fully saturated rings. The van der Waals surface area contributed by atoms with Crippen LogP contribution in [0.1, 0.15) is 12.6 Å². The number of hydrogen-bond donors (Lipinski definition) is 1. The fraction of sp³-hybridized carbons (Fsp3) is 0.500. The van der Waals surface area contributed by atoms with E-state index in [1.54, 1.807) is 11.9 Å². The minimum absolute atomic E-state index is 0.110. The molecule has 0 aliphatic heterocycles. The van der Waals surface area contributed by atoms with Crippen molar-refractivity contribution in [3.05, 3.63) is 24.0 Å². The third-order valence-corrected chi connectivity index (χ3v) is 2.34. The van der Waals surface area contributed by atoms with E-state index in [0.29, 0.717) is 13.1 Å². The van der Waals surface area contributed by atoms with Crippen LogP contribution in [-0.2, 0) is 17.9 Å². The molecule has 0 saturated carbocycles. The van der Waals surface area contributed by atoms with Gasteiger partial charge in [0.15, 0.2) is 0 Å². The van der Waals surface area contributed by atoms with Gasteiger partial charge in [0.25, 0.3) is 0 Å². The normalized spacial score (nSPS) is 10.2. The summed E-state index contributed by atoms with van der Waals surface area (Å²) in [4.78, 5) is 13.3. The van der Waals surface area contributed by atoms with E-state index in [9.17, 15) is 4.79 Å². The lowest BCUT2D eigenvalue weighted by atomic mass is 10.4. The van der Waals surface area contributed by atoms with Crippen LogP contribution in [0.3, 0.4) is 0 Å². The number of nitrogens with two attached hydrogens (primary N) is 1. The van der Waals surface area contributed by atoms with Crippen molar-refractivity contribution in [2.75, 3.05) is 13.6 Å². The summed E-state index contributed by atoms with van der Waals surface area (Å²) in [5.41, 5.74) is 6.52. The minimum atomic E-state index is 0.110. The fourth-order valence-electron chi connectivity index (χ4n) is 1.23. The maximum absolute atomic E-state index is 11.6. The maximum Gasteiger partial charge on any atom is 0.242 e. The van der Waals surface area contributed by atoms with Crippen molar-refractivity contribution in [3.63, 3.8) is 0 Å². The second-order valence-electron chi connectivity index (χ2n) is 3.24. The Morgan fingerprint density at radius 3 is 2.93 bits per heavy atom. The molecule has 1 aromatic heterocycles. The van der Waals surface area contributed by atoms with Gasteiger partial charge in [0.05, 0.1) is 0 Å². The SMILES string of the molecule is CCN(C)C(=O)Cn1cccc1CN. The molecule has 1 aromatic rings. The van der Waals surface area contributed by atoms with Crippen LogP contribution in [0.25, 0.3) is 0 Å². The lowest BCUT2D eigenvalue weighted by Gasteiger charge is -2.15. The Morgan fingerprint density at radius 2 is 2.36 bits per heavy atom. The number of aromatic nitrogens is 1. The first kappa shape index (κ1) is 10.8. The van der Waals surface area contributed by atoms with Crippen LogP contribution in [0.5, 0.6) is 0 Å². The minimum Gasteiger partial charge on any atom is -0.344 e. The Bertz CT molecular complexity index is 306. The van der Waals surface area contributed by atoms with Gasteiger partial charge in [-0.05, 0) is 19.1 Å². The molecule has 0 saturated heterocycles. The van der Waals surface area contributed by atoms with E-state index in [0.717, 1.165) is 12.2 Å². The van der Waals surface area contributed by atoms with Crippen molar-refractivity contribution in [2.45, 2.75) is 20.0 Å². The van der Waals surface area contributed by atoms with Crippen molar-refractivity contribution in [3.8, 4) is 0 Å². The van der Waals surface area contributed by atoms with Gasteiger partial charge >= 0.3 is 0 Å². The molecule has 4 heteroatoms. The Morgan fingerprint density at radius 1 is 1.64 bits per heavy atom. The van der Waals surface area contributed by atoms with Gasteiger partial charge in [0, 0.05) is 32.0 Å². The van der Waals surface area contributed by atoms with E-state index in [-0.39, 0.29) is 5.91 Å². The van der Waals surface area contributed by atoms with Gasteiger partial charge in [-0.15, -0.1) is 0 Å². The van der Waals surface area contributed by atoms with E-state index in [1.807, 2.05) is 29.8 Å². The third kappa shape index (κ3) is 2.35. The zero-order chi connectivity index (χ0) is 10.6. The monoisotopic (exact) mass is 195 g/mol. The van der Waals surface area contributed by atoms with Crippen LogP contribution in [0.4, 0.5) is 0 Å². The molecular weight excluding hydrogens is 178 g/mol. The summed E-state index contributed by atoms with van der Waals surface area (Å²) < 4.78 is 1.88. The van der Waals surface area contributed by atoms with Crippen LogP contribution >= 0.6 is 0 Å². The molecule has 1 amide bonds. The van der Waals surface area contributed by atoms with Crippen molar-refractivity contribution in [1.29, 1.82) is 0 Å². The van der Waals surface area contributed by atoms with Gasteiger partial charge < -0.3 is 15.2 Å². The van der Waals surface area contributed by atoms with Gasteiger partial charge in [-0.1, -0.05) is 0 Å². The Balaban J connectivity index is 2.64. The molecule has 0 aliphatic rings. The molecule has 0 radical (unpaired) electrons. The summed E-state index contributed by atoms with van der Waals surface area (Å²) in [6, 6.07) is 3.83. The zero-order valence-corrected chi connectivity index (χ0v) is 8.73. The second-order valence-corrected chi connectivity index (χ2v) is 3.24. The molecule has 0 aliphatic carbocycles. The molecule has 1 heterocycles. The summed E-state index contributed by atoms with van der Waals surface area (Å²) in [5, 5.41) is 0. The van der Waals surface area contributed by atoms with Gasteiger partial charge in [-0.2, -0.15) is 0 Å². The quantitative estimate of drug-likeness (QED) is 0.757. The van der Waals surface area contributed by atoms with E-state index < -0.39 is 0 Å². The summed E-state index contributed by atoms with van der Waals surface area (Å²) in [7, 11) is 1.80. The van der Waals surface area contributed by atoms with Gasteiger partial charge in [-0.25, -0.2) is 0 Å². The largest absolute Gasteiger partial charge is 0.344 e. The lowest BCUT2D eigenvalue weighted by molar-refractivity contribution is -0.130. The number of nitrogens with zero attached hydrogens (tertiary/aromatic N) is 2. The molecule has 78 valence electrons. The van der Waals surface area contributed by atoms with E-state index >= 15 is 0 Å². The predicted molar refractivity (Wildman–Crippen MR) is 55.6 cm³/mol. The molecule has 0 unspecified atom stereocenters.